The van der Waals surface area contributed by atoms with Crippen molar-refractivity contribution in [3.05, 3.63) is 59.2 Å². The second kappa shape index (κ2) is 7.19. The van der Waals surface area contributed by atoms with E-state index >= 15 is 0 Å². The van der Waals surface area contributed by atoms with Gasteiger partial charge < -0.3 is 10.4 Å². The molecule has 1 heterocycles. The summed E-state index contributed by atoms with van der Waals surface area (Å²) in [5.74, 6) is -0.180. The first-order chi connectivity index (χ1) is 10.2. The summed E-state index contributed by atoms with van der Waals surface area (Å²) in [7, 11) is 0. The van der Waals surface area contributed by atoms with Crippen LogP contribution < -0.4 is 5.32 Å². The number of nitrogens with one attached hydrogen (secondary N) is 1. The van der Waals surface area contributed by atoms with E-state index in [2.05, 4.69) is 10.3 Å². The molecule has 0 spiro atoms. The van der Waals surface area contributed by atoms with Gasteiger partial charge in [-0.1, -0.05) is 0 Å². The minimum absolute atomic E-state index is 0.195. The quantitative estimate of drug-likeness (QED) is 0.891. The highest BCUT2D eigenvalue weighted by atomic mass is 32.2. The Kier molecular flexibility index (Phi) is 5.30. The van der Waals surface area contributed by atoms with Crippen molar-refractivity contribution < 1.29 is 14.3 Å². The van der Waals surface area contributed by atoms with Gasteiger partial charge in [0, 0.05) is 23.1 Å². The van der Waals surface area contributed by atoms with Crippen LogP contribution >= 0.6 is 11.8 Å². The molecule has 0 aliphatic carbocycles. The van der Waals surface area contributed by atoms with Gasteiger partial charge in [0.15, 0.2) is 0 Å². The molecule has 1 aromatic heterocycles. The van der Waals surface area contributed by atoms with E-state index in [1.54, 1.807) is 6.07 Å². The van der Waals surface area contributed by atoms with E-state index in [-0.39, 0.29) is 18.3 Å². The highest BCUT2D eigenvalue weighted by molar-refractivity contribution is 7.97. The minimum Gasteiger partial charge on any atom is -0.392 e. The Morgan fingerprint density at radius 2 is 2.19 bits per heavy atom. The van der Waals surface area contributed by atoms with Crippen molar-refractivity contribution in [3.8, 4) is 0 Å². The molecule has 0 atom stereocenters. The molecule has 21 heavy (non-hydrogen) atoms. The van der Waals surface area contributed by atoms with Gasteiger partial charge in [-0.15, -0.1) is 0 Å². The number of anilines is 1. The van der Waals surface area contributed by atoms with E-state index in [0.717, 1.165) is 0 Å². The van der Waals surface area contributed by atoms with Gasteiger partial charge in [0.25, 0.3) is 5.91 Å². The number of rotatable bonds is 5. The maximum absolute atomic E-state index is 13.6. The summed E-state index contributed by atoms with van der Waals surface area (Å²) in [6.07, 6.45) is 4.88. The Balaban J connectivity index is 2.22. The van der Waals surface area contributed by atoms with Crippen LogP contribution in [0.2, 0.25) is 0 Å². The Hall–Kier alpha value is -1.92. The van der Waals surface area contributed by atoms with Gasteiger partial charge in [-0.25, -0.2) is 4.39 Å². The third-order valence-corrected chi connectivity index (χ3v) is 3.54. The summed E-state index contributed by atoms with van der Waals surface area (Å²) in [5, 5.41) is 11.9. The average molecular weight is 306 g/mol. The lowest BCUT2D eigenvalue weighted by Gasteiger charge is -2.10. The van der Waals surface area contributed by atoms with Crippen LogP contribution in [0.5, 0.6) is 0 Å². The number of nitrogens with zero attached hydrogens (tertiary/aromatic N) is 1. The van der Waals surface area contributed by atoms with E-state index < -0.39 is 0 Å². The van der Waals surface area contributed by atoms with Gasteiger partial charge in [-0.05, 0) is 36.1 Å². The van der Waals surface area contributed by atoms with Gasteiger partial charge in [-0.2, -0.15) is 11.8 Å². The molecule has 110 valence electrons. The fraction of sp³-hybridized carbons (Fsp3) is 0.200. The number of amides is 1. The van der Waals surface area contributed by atoms with Crippen molar-refractivity contribution in [2.24, 2.45) is 0 Å². The summed E-state index contributed by atoms with van der Waals surface area (Å²) < 4.78 is 13.6. The van der Waals surface area contributed by atoms with Crippen LogP contribution in [-0.2, 0) is 12.4 Å². The molecule has 0 aliphatic heterocycles. The number of hydrogen-bond acceptors (Lipinski definition) is 4. The highest BCUT2D eigenvalue weighted by Gasteiger charge is 2.11. The van der Waals surface area contributed by atoms with E-state index in [4.69, 9.17) is 0 Å². The zero-order valence-electron chi connectivity index (χ0n) is 11.5. The lowest BCUT2D eigenvalue weighted by atomic mass is 10.1. The molecular formula is C15H15FN2O2S. The first-order valence-electron chi connectivity index (χ1n) is 6.28. The molecule has 0 saturated heterocycles. The number of thioether (sulfide) groups is 1. The topological polar surface area (TPSA) is 62.2 Å². The van der Waals surface area contributed by atoms with Crippen LogP contribution in [0.3, 0.4) is 0 Å². The molecule has 1 aromatic carbocycles. The lowest BCUT2D eigenvalue weighted by molar-refractivity contribution is 0.102. The van der Waals surface area contributed by atoms with Gasteiger partial charge in [0.05, 0.1) is 18.5 Å². The first-order valence-corrected chi connectivity index (χ1v) is 7.67. The van der Waals surface area contributed by atoms with Gasteiger partial charge in [0.2, 0.25) is 0 Å². The number of hydrogen-bond donors (Lipinski definition) is 2. The van der Waals surface area contributed by atoms with Crippen LogP contribution in [0.15, 0.2) is 36.7 Å². The fourth-order valence-corrected chi connectivity index (χ4v) is 2.38. The van der Waals surface area contributed by atoms with Crippen LogP contribution in [0.1, 0.15) is 21.5 Å². The normalized spacial score (nSPS) is 10.4. The van der Waals surface area contributed by atoms with Crippen molar-refractivity contribution in [3.63, 3.8) is 0 Å². The molecule has 0 bridgehead atoms. The summed E-state index contributed by atoms with van der Waals surface area (Å²) in [4.78, 5) is 16.1. The van der Waals surface area contributed by atoms with Crippen molar-refractivity contribution in [1.29, 1.82) is 0 Å². The number of aliphatic hydroxyl groups is 1. The van der Waals surface area contributed by atoms with Gasteiger partial charge >= 0.3 is 0 Å². The van der Waals surface area contributed by atoms with E-state index in [1.165, 1.54) is 42.4 Å². The lowest BCUT2D eigenvalue weighted by Crippen LogP contribution is -2.14. The highest BCUT2D eigenvalue weighted by Crippen LogP contribution is 2.18. The summed E-state index contributed by atoms with van der Waals surface area (Å²) in [5.41, 5.74) is 1.88. The standard InChI is InChI=1S/C15H15FN2O2S/c1-21-9-12-6-10(2-3-13(12)16)15(20)18-14-7-17-5-4-11(14)8-19/h2-7,19H,8-9H2,1H3,(H,18,20). The van der Waals surface area contributed by atoms with Crippen LogP contribution in [0, 0.1) is 5.82 Å². The second-order valence-electron chi connectivity index (χ2n) is 4.38. The fourth-order valence-electron chi connectivity index (χ4n) is 1.85. The molecule has 6 heteroatoms. The Morgan fingerprint density at radius 1 is 1.38 bits per heavy atom. The maximum Gasteiger partial charge on any atom is 0.255 e. The Morgan fingerprint density at radius 3 is 2.90 bits per heavy atom. The molecule has 0 fully saturated rings. The monoisotopic (exact) mass is 306 g/mol. The number of carbonyl (C=O) groups is 1. The molecule has 4 nitrogen and oxygen atoms in total. The van der Waals surface area contributed by atoms with Gasteiger partial charge in [0.1, 0.15) is 5.82 Å². The summed E-state index contributed by atoms with van der Waals surface area (Å²) in [6.45, 7) is -0.195. The molecule has 2 rings (SSSR count). The Bertz CT molecular complexity index is 649. The van der Waals surface area contributed by atoms with E-state index in [0.29, 0.717) is 28.1 Å². The number of pyridine rings is 1. The minimum atomic E-state index is -0.361. The predicted molar refractivity (Wildman–Crippen MR) is 81.7 cm³/mol. The molecule has 0 saturated carbocycles. The number of carbonyl (C=O) groups excluding carboxylic acids is 1. The number of halogens is 1. The first kappa shape index (κ1) is 15.5. The molecule has 0 unspecified atom stereocenters. The van der Waals surface area contributed by atoms with Crippen LogP contribution in [-0.4, -0.2) is 22.3 Å². The molecule has 2 N–H and O–H groups in total. The third kappa shape index (κ3) is 3.80. The Labute approximate surface area is 126 Å². The average Bonchev–Trinajstić information content (AvgIpc) is 2.50. The molecule has 2 aromatic rings. The molecule has 1 amide bonds. The second-order valence-corrected chi connectivity index (χ2v) is 5.25. The van der Waals surface area contributed by atoms with Crippen molar-refractivity contribution in [1.82, 2.24) is 4.98 Å². The van der Waals surface area contributed by atoms with Crippen molar-refractivity contribution >= 4 is 23.4 Å². The number of aromatic nitrogens is 1. The predicted octanol–water partition coefficient (Wildman–Crippen LogP) is 2.83. The SMILES string of the molecule is CSCc1cc(C(=O)Nc2cnccc2CO)ccc1F. The zero-order valence-corrected chi connectivity index (χ0v) is 12.3. The van der Waals surface area contributed by atoms with Crippen molar-refractivity contribution in [2.45, 2.75) is 12.4 Å². The largest absolute Gasteiger partial charge is 0.392 e. The zero-order chi connectivity index (χ0) is 15.2. The third-order valence-electron chi connectivity index (χ3n) is 2.94. The smallest absolute Gasteiger partial charge is 0.255 e. The summed E-state index contributed by atoms with van der Waals surface area (Å²) in [6, 6.07) is 5.88. The summed E-state index contributed by atoms with van der Waals surface area (Å²) >= 11 is 1.48. The van der Waals surface area contributed by atoms with E-state index in [1.807, 2.05) is 6.26 Å². The van der Waals surface area contributed by atoms with Crippen LogP contribution in [0.25, 0.3) is 0 Å². The molecule has 0 radical (unpaired) electrons. The van der Waals surface area contributed by atoms with Crippen LogP contribution in [0.4, 0.5) is 10.1 Å². The van der Waals surface area contributed by atoms with E-state index in [9.17, 15) is 14.3 Å². The molecular weight excluding hydrogens is 291 g/mol. The number of benzene rings is 1. The molecule has 0 aliphatic rings. The number of aliphatic hydroxyl groups excluding tert-OH is 1. The van der Waals surface area contributed by atoms with Gasteiger partial charge in [-0.3, -0.25) is 9.78 Å². The van der Waals surface area contributed by atoms with Crippen molar-refractivity contribution in [2.75, 3.05) is 11.6 Å². The maximum atomic E-state index is 13.6.